The Balaban J connectivity index is 2.94. The molecule has 13 heavy (non-hydrogen) atoms. The molecule has 0 radical (unpaired) electrons. The SMILES string of the molecule is CC(=Cc1cncn1C(C)C)CCl. The van der Waals surface area contributed by atoms with E-state index in [1.165, 1.54) is 0 Å². The highest BCUT2D eigenvalue weighted by Crippen LogP contribution is 2.12. The molecule has 0 N–H and O–H groups in total. The van der Waals surface area contributed by atoms with Gasteiger partial charge in [-0.25, -0.2) is 4.98 Å². The third kappa shape index (κ3) is 2.59. The average Bonchev–Trinajstić information content (AvgIpc) is 2.52. The van der Waals surface area contributed by atoms with Crippen molar-refractivity contribution in [2.75, 3.05) is 5.88 Å². The van der Waals surface area contributed by atoms with Gasteiger partial charge in [-0.1, -0.05) is 5.57 Å². The van der Waals surface area contributed by atoms with Crippen molar-refractivity contribution in [3.05, 3.63) is 23.8 Å². The number of halogens is 1. The van der Waals surface area contributed by atoms with Crippen LogP contribution in [0.1, 0.15) is 32.5 Å². The van der Waals surface area contributed by atoms with Gasteiger partial charge in [-0.05, 0) is 26.8 Å². The fraction of sp³-hybridized carbons (Fsp3) is 0.500. The Morgan fingerprint density at radius 3 is 2.92 bits per heavy atom. The van der Waals surface area contributed by atoms with E-state index >= 15 is 0 Å². The standard InChI is InChI=1S/C10H15ClN2/c1-8(2)13-7-12-6-10(13)4-9(3)5-11/h4,6-8H,5H2,1-3H3. The van der Waals surface area contributed by atoms with Crippen LogP contribution >= 0.6 is 11.6 Å². The van der Waals surface area contributed by atoms with Crippen LogP contribution in [0.3, 0.4) is 0 Å². The van der Waals surface area contributed by atoms with E-state index in [1.807, 2.05) is 19.4 Å². The van der Waals surface area contributed by atoms with E-state index in [-0.39, 0.29) is 0 Å². The molecule has 0 amide bonds. The van der Waals surface area contributed by atoms with Crippen molar-refractivity contribution in [1.29, 1.82) is 0 Å². The highest BCUT2D eigenvalue weighted by atomic mass is 35.5. The van der Waals surface area contributed by atoms with Crippen molar-refractivity contribution >= 4 is 17.7 Å². The molecule has 0 fully saturated rings. The Bertz CT molecular complexity index is 300. The summed E-state index contributed by atoms with van der Waals surface area (Å²) >= 11 is 5.70. The number of nitrogens with zero attached hydrogens (tertiary/aromatic N) is 2. The monoisotopic (exact) mass is 198 g/mol. The fourth-order valence-corrected chi connectivity index (χ4v) is 1.23. The molecule has 72 valence electrons. The largest absolute Gasteiger partial charge is 0.329 e. The molecule has 0 aromatic carbocycles. The van der Waals surface area contributed by atoms with E-state index in [0.29, 0.717) is 11.9 Å². The second-order valence-electron chi connectivity index (χ2n) is 3.44. The molecule has 3 heteroatoms. The van der Waals surface area contributed by atoms with Gasteiger partial charge < -0.3 is 4.57 Å². The predicted octanol–water partition coefficient (Wildman–Crippen LogP) is 3.11. The molecule has 0 aliphatic carbocycles. The van der Waals surface area contributed by atoms with Gasteiger partial charge in [0, 0.05) is 11.9 Å². The summed E-state index contributed by atoms with van der Waals surface area (Å²) in [4.78, 5) is 4.11. The number of rotatable bonds is 3. The summed E-state index contributed by atoms with van der Waals surface area (Å²) in [6, 6.07) is 0.442. The highest BCUT2D eigenvalue weighted by Gasteiger charge is 2.02. The van der Waals surface area contributed by atoms with Gasteiger partial charge in [-0.2, -0.15) is 0 Å². The molecule has 0 bridgehead atoms. The van der Waals surface area contributed by atoms with Gasteiger partial charge in [0.25, 0.3) is 0 Å². The van der Waals surface area contributed by atoms with Crippen molar-refractivity contribution in [3.8, 4) is 0 Å². The lowest BCUT2D eigenvalue weighted by Crippen LogP contribution is -2.00. The van der Waals surface area contributed by atoms with Crippen molar-refractivity contribution in [1.82, 2.24) is 9.55 Å². The van der Waals surface area contributed by atoms with Crippen LogP contribution in [-0.4, -0.2) is 15.4 Å². The molecule has 1 heterocycles. The van der Waals surface area contributed by atoms with Crippen molar-refractivity contribution in [2.24, 2.45) is 0 Å². The van der Waals surface area contributed by atoms with E-state index in [9.17, 15) is 0 Å². The first-order valence-corrected chi connectivity index (χ1v) is 4.93. The van der Waals surface area contributed by atoms with E-state index in [2.05, 4.69) is 29.5 Å². The minimum atomic E-state index is 0.442. The molecule has 2 nitrogen and oxygen atoms in total. The molecule has 0 aliphatic rings. The number of alkyl halides is 1. The zero-order valence-corrected chi connectivity index (χ0v) is 9.04. The summed E-state index contributed by atoms with van der Waals surface area (Å²) in [5.74, 6) is 0.573. The zero-order valence-electron chi connectivity index (χ0n) is 8.29. The lowest BCUT2D eigenvalue weighted by atomic mass is 10.2. The van der Waals surface area contributed by atoms with E-state index in [4.69, 9.17) is 11.6 Å². The van der Waals surface area contributed by atoms with Crippen LogP contribution in [0.15, 0.2) is 18.1 Å². The molecule has 1 aromatic rings. The summed E-state index contributed by atoms with van der Waals surface area (Å²) in [6.45, 7) is 6.29. The van der Waals surface area contributed by atoms with Gasteiger partial charge in [0.15, 0.2) is 0 Å². The Hall–Kier alpha value is -0.760. The van der Waals surface area contributed by atoms with E-state index < -0.39 is 0 Å². The summed E-state index contributed by atoms with van der Waals surface area (Å²) in [5.41, 5.74) is 2.28. The van der Waals surface area contributed by atoms with Crippen molar-refractivity contribution in [3.63, 3.8) is 0 Å². The Kier molecular flexibility index (Phi) is 3.55. The number of hydrogen-bond acceptors (Lipinski definition) is 1. The maximum Gasteiger partial charge on any atom is 0.0953 e. The summed E-state index contributed by atoms with van der Waals surface area (Å²) in [7, 11) is 0. The summed E-state index contributed by atoms with van der Waals surface area (Å²) in [5, 5.41) is 0. The maximum atomic E-state index is 5.70. The molecule has 0 spiro atoms. The van der Waals surface area contributed by atoms with Crippen LogP contribution in [0.5, 0.6) is 0 Å². The first-order chi connectivity index (χ1) is 6.15. The predicted molar refractivity (Wildman–Crippen MR) is 57.0 cm³/mol. The van der Waals surface area contributed by atoms with Gasteiger partial charge in [-0.15, -0.1) is 11.6 Å². The van der Waals surface area contributed by atoms with Gasteiger partial charge in [0.1, 0.15) is 0 Å². The number of hydrogen-bond donors (Lipinski definition) is 0. The second-order valence-corrected chi connectivity index (χ2v) is 3.71. The quantitative estimate of drug-likeness (QED) is 0.683. The molecule has 0 unspecified atom stereocenters. The van der Waals surface area contributed by atoms with Crippen LogP contribution in [0, 0.1) is 0 Å². The molecular formula is C10H15ClN2. The van der Waals surface area contributed by atoms with Gasteiger partial charge in [0.2, 0.25) is 0 Å². The Morgan fingerprint density at radius 1 is 1.69 bits per heavy atom. The highest BCUT2D eigenvalue weighted by molar-refractivity contribution is 6.19. The molecule has 1 rings (SSSR count). The average molecular weight is 199 g/mol. The number of allylic oxidation sites excluding steroid dienone is 1. The van der Waals surface area contributed by atoms with Crippen molar-refractivity contribution in [2.45, 2.75) is 26.8 Å². The minimum absolute atomic E-state index is 0.442. The summed E-state index contributed by atoms with van der Waals surface area (Å²) in [6.07, 6.45) is 5.77. The third-order valence-corrected chi connectivity index (χ3v) is 2.28. The third-order valence-electron chi connectivity index (χ3n) is 1.86. The molecule has 0 atom stereocenters. The summed E-state index contributed by atoms with van der Waals surface area (Å²) < 4.78 is 2.12. The Labute approximate surface area is 84.2 Å². The van der Waals surface area contributed by atoms with Gasteiger partial charge in [-0.3, -0.25) is 0 Å². The molecule has 0 saturated heterocycles. The van der Waals surface area contributed by atoms with Gasteiger partial charge in [0.05, 0.1) is 18.2 Å². The Morgan fingerprint density at radius 2 is 2.38 bits per heavy atom. The van der Waals surface area contributed by atoms with Crippen molar-refractivity contribution < 1.29 is 0 Å². The lowest BCUT2D eigenvalue weighted by molar-refractivity contribution is 0.595. The molecule has 0 aliphatic heterocycles. The molecule has 1 aromatic heterocycles. The van der Waals surface area contributed by atoms with Crippen LogP contribution in [0.2, 0.25) is 0 Å². The minimum Gasteiger partial charge on any atom is -0.329 e. The smallest absolute Gasteiger partial charge is 0.0953 e. The van der Waals surface area contributed by atoms with Crippen LogP contribution in [0.25, 0.3) is 6.08 Å². The number of aromatic nitrogens is 2. The fourth-order valence-electron chi connectivity index (χ4n) is 1.15. The topological polar surface area (TPSA) is 17.8 Å². The second kappa shape index (κ2) is 4.47. The van der Waals surface area contributed by atoms with Crippen LogP contribution in [-0.2, 0) is 0 Å². The normalized spacial score (nSPS) is 12.5. The molecular weight excluding hydrogens is 184 g/mol. The molecule has 0 saturated carbocycles. The van der Waals surface area contributed by atoms with E-state index in [1.54, 1.807) is 0 Å². The van der Waals surface area contributed by atoms with Crippen LogP contribution < -0.4 is 0 Å². The van der Waals surface area contributed by atoms with Gasteiger partial charge >= 0.3 is 0 Å². The maximum absolute atomic E-state index is 5.70. The van der Waals surface area contributed by atoms with Crippen LogP contribution in [0.4, 0.5) is 0 Å². The van der Waals surface area contributed by atoms with E-state index in [0.717, 1.165) is 11.3 Å². The lowest BCUT2D eigenvalue weighted by Gasteiger charge is -2.09. The first-order valence-electron chi connectivity index (χ1n) is 4.40. The zero-order chi connectivity index (χ0) is 9.84. The first kappa shape index (κ1) is 10.3. The number of imidazole rings is 1.